The Morgan fingerprint density at radius 1 is 1.05 bits per heavy atom. The van der Waals surface area contributed by atoms with E-state index in [1.54, 1.807) is 43.5 Å². The van der Waals surface area contributed by atoms with Gasteiger partial charge < -0.3 is 9.30 Å². The Morgan fingerprint density at radius 3 is 2.43 bits per heavy atom. The van der Waals surface area contributed by atoms with Crippen LogP contribution >= 0.6 is 0 Å². The first-order valence-corrected chi connectivity index (χ1v) is 6.58. The number of pyridine rings is 1. The highest BCUT2D eigenvalue weighted by atomic mass is 19.1. The molecule has 1 heterocycles. The summed E-state index contributed by atoms with van der Waals surface area (Å²) in [6.07, 6.45) is 1.80. The summed E-state index contributed by atoms with van der Waals surface area (Å²) in [5.41, 5.74) is 1.53. The number of aromatic nitrogens is 1. The fraction of sp³-hybridized carbons (Fsp3) is 0.118. The van der Waals surface area contributed by atoms with Gasteiger partial charge in [0, 0.05) is 30.3 Å². The van der Waals surface area contributed by atoms with Gasteiger partial charge in [0.1, 0.15) is 17.3 Å². The number of hydrogen-bond acceptors (Lipinski definition) is 2. The molecule has 2 aromatic carbocycles. The van der Waals surface area contributed by atoms with Gasteiger partial charge in [-0.2, -0.15) is 0 Å². The maximum Gasteiger partial charge on any atom is 0.192 e. The van der Waals surface area contributed by atoms with Crippen molar-refractivity contribution in [1.29, 1.82) is 0 Å². The Balaban J connectivity index is 2.05. The first-order valence-electron chi connectivity index (χ1n) is 6.58. The predicted octanol–water partition coefficient (Wildman–Crippen LogP) is 3.78. The Bertz CT molecular complexity index is 866. The van der Waals surface area contributed by atoms with Crippen LogP contribution in [0.25, 0.3) is 10.9 Å². The standard InChI is InChI=1S/C17H14FNO2/c1-11-10-19(2)16-9-14(7-8-15(16)17(11)20)21-13-5-3-12(18)4-6-13/h3-10H,1-2H3. The van der Waals surface area contributed by atoms with E-state index in [4.69, 9.17) is 4.74 Å². The number of ether oxygens (including phenoxy) is 1. The van der Waals surface area contributed by atoms with Crippen LogP contribution < -0.4 is 10.2 Å². The molecule has 3 rings (SSSR count). The second-order valence-corrected chi connectivity index (χ2v) is 4.99. The van der Waals surface area contributed by atoms with Crippen LogP contribution in [0.2, 0.25) is 0 Å². The number of rotatable bonds is 2. The summed E-state index contributed by atoms with van der Waals surface area (Å²) in [6, 6.07) is 11.1. The van der Waals surface area contributed by atoms with Crippen molar-refractivity contribution in [2.24, 2.45) is 7.05 Å². The minimum atomic E-state index is -0.307. The molecule has 0 N–H and O–H groups in total. The minimum absolute atomic E-state index is 0.0245. The molecule has 0 unspecified atom stereocenters. The van der Waals surface area contributed by atoms with Crippen molar-refractivity contribution in [2.75, 3.05) is 0 Å². The van der Waals surface area contributed by atoms with E-state index in [-0.39, 0.29) is 11.2 Å². The molecule has 106 valence electrons. The summed E-state index contributed by atoms with van der Waals surface area (Å²) in [4.78, 5) is 12.1. The van der Waals surface area contributed by atoms with Crippen molar-refractivity contribution in [2.45, 2.75) is 6.92 Å². The molecular formula is C17H14FNO2. The Morgan fingerprint density at radius 2 is 1.71 bits per heavy atom. The quantitative estimate of drug-likeness (QED) is 0.716. The van der Waals surface area contributed by atoms with Gasteiger partial charge in [0.25, 0.3) is 0 Å². The van der Waals surface area contributed by atoms with Gasteiger partial charge in [-0.1, -0.05) is 0 Å². The van der Waals surface area contributed by atoms with Gasteiger partial charge in [-0.05, 0) is 43.3 Å². The molecule has 1 aromatic heterocycles. The lowest BCUT2D eigenvalue weighted by molar-refractivity contribution is 0.481. The second-order valence-electron chi connectivity index (χ2n) is 4.99. The van der Waals surface area contributed by atoms with E-state index in [0.717, 1.165) is 5.52 Å². The zero-order chi connectivity index (χ0) is 15.0. The first-order chi connectivity index (χ1) is 10.0. The molecule has 0 spiro atoms. The van der Waals surface area contributed by atoms with Gasteiger partial charge in [-0.25, -0.2) is 4.39 Å². The first kappa shape index (κ1) is 13.4. The van der Waals surface area contributed by atoms with Crippen LogP contribution in [-0.4, -0.2) is 4.57 Å². The fourth-order valence-electron chi connectivity index (χ4n) is 2.33. The van der Waals surface area contributed by atoms with Crippen LogP contribution in [0.4, 0.5) is 4.39 Å². The molecule has 0 aliphatic carbocycles. The summed E-state index contributed by atoms with van der Waals surface area (Å²) in [6.45, 7) is 1.80. The topological polar surface area (TPSA) is 31.2 Å². The molecule has 0 bridgehead atoms. The van der Waals surface area contributed by atoms with Gasteiger partial charge in [0.15, 0.2) is 5.43 Å². The number of benzene rings is 2. The number of fused-ring (bicyclic) bond motifs is 1. The third-order valence-corrected chi connectivity index (χ3v) is 3.39. The zero-order valence-electron chi connectivity index (χ0n) is 11.8. The van der Waals surface area contributed by atoms with E-state index >= 15 is 0 Å². The molecular weight excluding hydrogens is 269 g/mol. The highest BCUT2D eigenvalue weighted by Crippen LogP contribution is 2.24. The monoisotopic (exact) mass is 283 g/mol. The van der Waals surface area contributed by atoms with Crippen LogP contribution in [0.15, 0.2) is 53.5 Å². The van der Waals surface area contributed by atoms with Crippen molar-refractivity contribution in [3.05, 3.63) is 70.3 Å². The molecule has 0 aliphatic heterocycles. The van der Waals surface area contributed by atoms with E-state index in [0.29, 0.717) is 22.4 Å². The molecule has 0 fully saturated rings. The molecule has 0 radical (unpaired) electrons. The van der Waals surface area contributed by atoms with Gasteiger partial charge in [0.2, 0.25) is 0 Å². The number of halogens is 1. The number of hydrogen-bond donors (Lipinski definition) is 0. The van der Waals surface area contributed by atoms with Crippen LogP contribution in [-0.2, 0) is 7.05 Å². The van der Waals surface area contributed by atoms with Gasteiger partial charge in [-0.15, -0.1) is 0 Å². The van der Waals surface area contributed by atoms with E-state index in [1.165, 1.54) is 12.1 Å². The van der Waals surface area contributed by atoms with Crippen molar-refractivity contribution >= 4 is 10.9 Å². The van der Waals surface area contributed by atoms with Crippen molar-refractivity contribution in [1.82, 2.24) is 4.57 Å². The molecule has 0 amide bonds. The highest BCUT2D eigenvalue weighted by Gasteiger charge is 2.06. The third-order valence-electron chi connectivity index (χ3n) is 3.39. The highest BCUT2D eigenvalue weighted by molar-refractivity contribution is 5.81. The van der Waals surface area contributed by atoms with Crippen LogP contribution in [0.1, 0.15) is 5.56 Å². The zero-order valence-corrected chi connectivity index (χ0v) is 11.8. The summed E-state index contributed by atoms with van der Waals surface area (Å²) >= 11 is 0. The molecule has 3 nitrogen and oxygen atoms in total. The third kappa shape index (κ3) is 2.52. The SMILES string of the molecule is Cc1cn(C)c2cc(Oc3ccc(F)cc3)ccc2c1=O. The van der Waals surface area contributed by atoms with Gasteiger partial charge in [0.05, 0.1) is 5.52 Å². The minimum Gasteiger partial charge on any atom is -0.457 e. The van der Waals surface area contributed by atoms with E-state index in [2.05, 4.69) is 0 Å². The molecule has 0 aliphatic rings. The lowest BCUT2D eigenvalue weighted by atomic mass is 10.1. The molecule has 21 heavy (non-hydrogen) atoms. The average Bonchev–Trinajstić information content (AvgIpc) is 2.47. The number of nitrogens with zero attached hydrogens (tertiary/aromatic N) is 1. The Kier molecular flexibility index (Phi) is 3.22. The Hall–Kier alpha value is -2.62. The van der Waals surface area contributed by atoms with Crippen LogP contribution in [0, 0.1) is 12.7 Å². The van der Waals surface area contributed by atoms with Crippen molar-refractivity contribution < 1.29 is 9.13 Å². The largest absolute Gasteiger partial charge is 0.457 e. The molecule has 3 aromatic rings. The number of aryl methyl sites for hydroxylation is 2. The lowest BCUT2D eigenvalue weighted by Gasteiger charge is -2.10. The summed E-state index contributed by atoms with van der Waals surface area (Å²) in [7, 11) is 1.89. The maximum absolute atomic E-state index is 12.9. The summed E-state index contributed by atoms with van der Waals surface area (Å²) in [5.74, 6) is 0.847. The Labute approximate surface area is 121 Å². The van der Waals surface area contributed by atoms with Crippen molar-refractivity contribution in [3.63, 3.8) is 0 Å². The van der Waals surface area contributed by atoms with E-state index in [9.17, 15) is 9.18 Å². The summed E-state index contributed by atoms with van der Waals surface area (Å²) < 4.78 is 20.5. The normalized spacial score (nSPS) is 10.8. The lowest BCUT2D eigenvalue weighted by Crippen LogP contribution is -2.10. The predicted molar refractivity (Wildman–Crippen MR) is 80.4 cm³/mol. The molecule has 0 saturated heterocycles. The molecule has 4 heteroatoms. The van der Waals surface area contributed by atoms with Crippen LogP contribution in [0.5, 0.6) is 11.5 Å². The summed E-state index contributed by atoms with van der Waals surface area (Å²) in [5, 5.41) is 0.656. The second kappa shape index (κ2) is 5.05. The molecule has 0 atom stereocenters. The molecule has 0 saturated carbocycles. The van der Waals surface area contributed by atoms with Crippen molar-refractivity contribution in [3.8, 4) is 11.5 Å². The van der Waals surface area contributed by atoms with Gasteiger partial charge in [-0.3, -0.25) is 4.79 Å². The fourth-order valence-corrected chi connectivity index (χ4v) is 2.33. The maximum atomic E-state index is 12.9. The van der Waals surface area contributed by atoms with Gasteiger partial charge >= 0.3 is 0 Å². The average molecular weight is 283 g/mol. The van der Waals surface area contributed by atoms with E-state index < -0.39 is 0 Å². The van der Waals surface area contributed by atoms with Crippen LogP contribution in [0.3, 0.4) is 0 Å². The smallest absolute Gasteiger partial charge is 0.192 e. The van der Waals surface area contributed by atoms with E-state index in [1.807, 2.05) is 11.6 Å².